The molecule has 2 aromatic rings. The van der Waals surface area contributed by atoms with E-state index in [9.17, 15) is 4.79 Å². The van der Waals surface area contributed by atoms with Gasteiger partial charge in [0, 0.05) is 12.6 Å². The van der Waals surface area contributed by atoms with Crippen LogP contribution in [-0.4, -0.2) is 21.2 Å². The molecular formula is C17H19NO3Si. The Balaban J connectivity index is 2.09. The second-order valence-electron chi connectivity index (χ2n) is 5.04. The number of nitrogens with zero attached hydrogens (tertiary/aromatic N) is 1. The molecule has 0 spiro atoms. The standard InChI is InChI=1S/C17H19NO3Si/c1-22(14-8-13-18-15-19,20-16-9-4-2-5-10-16)21-17-11-6-3-7-12-17/h2-7,9-12H,8,13-14H2,1H3. The molecule has 0 bridgehead atoms. The first kappa shape index (κ1) is 16.0. The molecule has 2 aromatic carbocycles. The van der Waals surface area contributed by atoms with Gasteiger partial charge in [-0.3, -0.25) is 0 Å². The summed E-state index contributed by atoms with van der Waals surface area (Å²) >= 11 is 0. The van der Waals surface area contributed by atoms with Crippen LogP contribution in [-0.2, 0) is 4.79 Å². The highest BCUT2D eigenvalue weighted by Crippen LogP contribution is 2.24. The summed E-state index contributed by atoms with van der Waals surface area (Å²) in [6.07, 6.45) is 2.30. The number of benzene rings is 2. The Hall–Kier alpha value is -2.36. The Morgan fingerprint density at radius 1 is 0.955 bits per heavy atom. The lowest BCUT2D eigenvalue weighted by Crippen LogP contribution is -2.45. The molecule has 2 rings (SSSR count). The number of carbonyl (C=O) groups excluding carboxylic acids is 1. The van der Waals surface area contributed by atoms with Gasteiger partial charge >= 0.3 is 8.56 Å². The molecule has 0 N–H and O–H groups in total. The van der Waals surface area contributed by atoms with E-state index in [0.717, 1.165) is 24.0 Å². The number of para-hydroxylation sites is 2. The van der Waals surface area contributed by atoms with E-state index in [4.69, 9.17) is 8.85 Å². The molecule has 0 atom stereocenters. The van der Waals surface area contributed by atoms with Crippen molar-refractivity contribution in [2.24, 2.45) is 4.99 Å². The van der Waals surface area contributed by atoms with Gasteiger partial charge in [0.1, 0.15) is 11.5 Å². The molecule has 0 radical (unpaired) electrons. The molecule has 5 heteroatoms. The van der Waals surface area contributed by atoms with Crippen LogP contribution in [0.5, 0.6) is 11.5 Å². The van der Waals surface area contributed by atoms with Gasteiger partial charge in [0.05, 0.1) is 6.54 Å². The fourth-order valence-electron chi connectivity index (χ4n) is 2.12. The minimum atomic E-state index is -2.47. The Morgan fingerprint density at radius 3 is 1.91 bits per heavy atom. The first-order valence-electron chi connectivity index (χ1n) is 7.24. The van der Waals surface area contributed by atoms with Gasteiger partial charge in [-0.25, -0.2) is 9.79 Å². The monoisotopic (exact) mass is 313 g/mol. The molecular weight excluding hydrogens is 294 g/mol. The lowest BCUT2D eigenvalue weighted by Gasteiger charge is -2.28. The minimum Gasteiger partial charge on any atom is -0.512 e. The predicted molar refractivity (Wildman–Crippen MR) is 88.2 cm³/mol. The molecule has 0 fully saturated rings. The van der Waals surface area contributed by atoms with Crippen LogP contribution in [0.15, 0.2) is 65.7 Å². The van der Waals surface area contributed by atoms with Crippen molar-refractivity contribution >= 4 is 14.6 Å². The lowest BCUT2D eigenvalue weighted by molar-refractivity contribution is 0.386. The summed E-state index contributed by atoms with van der Waals surface area (Å²) in [7, 11) is -2.47. The van der Waals surface area contributed by atoms with E-state index >= 15 is 0 Å². The second-order valence-corrected chi connectivity index (χ2v) is 8.22. The average Bonchev–Trinajstić information content (AvgIpc) is 2.53. The SMILES string of the molecule is C[Si](CCCN=C=O)(Oc1ccccc1)Oc1ccccc1. The molecule has 4 nitrogen and oxygen atoms in total. The quantitative estimate of drug-likeness (QED) is 0.321. The van der Waals surface area contributed by atoms with Crippen molar-refractivity contribution in [1.29, 1.82) is 0 Å². The molecule has 0 amide bonds. The smallest absolute Gasteiger partial charge is 0.457 e. The molecule has 0 aromatic heterocycles. The summed E-state index contributed by atoms with van der Waals surface area (Å²) in [5, 5.41) is 0. The van der Waals surface area contributed by atoms with Crippen LogP contribution in [0.4, 0.5) is 0 Å². The maximum atomic E-state index is 10.2. The Morgan fingerprint density at radius 2 is 1.45 bits per heavy atom. The zero-order chi connectivity index (χ0) is 15.7. The van der Waals surface area contributed by atoms with Gasteiger partial charge in [-0.05, 0) is 30.7 Å². The Bertz CT molecular complexity index is 571. The van der Waals surface area contributed by atoms with E-state index in [2.05, 4.69) is 4.99 Å². The summed E-state index contributed by atoms with van der Waals surface area (Å²) < 4.78 is 12.3. The van der Waals surface area contributed by atoms with E-state index in [-0.39, 0.29) is 0 Å². The third-order valence-electron chi connectivity index (χ3n) is 3.12. The molecule has 0 heterocycles. The molecule has 0 aliphatic carbocycles. The number of aliphatic imine (C=N–C) groups is 1. The van der Waals surface area contributed by atoms with Gasteiger partial charge in [-0.15, -0.1) is 0 Å². The Labute approximate surface area is 131 Å². The zero-order valence-corrected chi connectivity index (χ0v) is 13.6. The molecule has 0 aliphatic heterocycles. The van der Waals surface area contributed by atoms with Crippen molar-refractivity contribution in [1.82, 2.24) is 0 Å². The van der Waals surface area contributed by atoms with E-state index in [1.807, 2.05) is 67.2 Å². The zero-order valence-electron chi connectivity index (χ0n) is 12.6. The minimum absolute atomic E-state index is 0.447. The van der Waals surface area contributed by atoms with E-state index in [0.29, 0.717) is 6.54 Å². The van der Waals surface area contributed by atoms with Gasteiger partial charge in [0.15, 0.2) is 0 Å². The summed E-state index contributed by atoms with van der Waals surface area (Å²) in [5.41, 5.74) is 0. The maximum Gasteiger partial charge on any atom is 0.457 e. The summed E-state index contributed by atoms with van der Waals surface area (Å²) in [5.74, 6) is 1.60. The molecule has 22 heavy (non-hydrogen) atoms. The van der Waals surface area contributed by atoms with Gasteiger partial charge < -0.3 is 8.85 Å². The van der Waals surface area contributed by atoms with Crippen LogP contribution < -0.4 is 8.85 Å². The number of hydrogen-bond acceptors (Lipinski definition) is 4. The second kappa shape index (κ2) is 8.17. The Kier molecular flexibility index (Phi) is 5.95. The number of isocyanates is 1. The maximum absolute atomic E-state index is 10.2. The van der Waals surface area contributed by atoms with Crippen LogP contribution in [0.25, 0.3) is 0 Å². The summed E-state index contributed by atoms with van der Waals surface area (Å²) in [6, 6.07) is 20.0. The number of hydrogen-bond donors (Lipinski definition) is 0. The van der Waals surface area contributed by atoms with Crippen LogP contribution in [0, 0.1) is 0 Å². The highest BCUT2D eigenvalue weighted by Gasteiger charge is 2.35. The van der Waals surface area contributed by atoms with E-state index in [1.54, 1.807) is 6.08 Å². The molecule has 0 saturated carbocycles. The fraction of sp³-hybridized carbons (Fsp3) is 0.235. The molecule has 0 aliphatic rings. The van der Waals surface area contributed by atoms with Crippen molar-refractivity contribution in [3.8, 4) is 11.5 Å². The highest BCUT2D eigenvalue weighted by atomic mass is 28.4. The molecule has 0 unspecified atom stereocenters. The van der Waals surface area contributed by atoms with Crippen molar-refractivity contribution in [3.63, 3.8) is 0 Å². The van der Waals surface area contributed by atoms with Crippen molar-refractivity contribution in [2.75, 3.05) is 6.54 Å². The lowest BCUT2D eigenvalue weighted by atomic mass is 10.3. The van der Waals surface area contributed by atoms with E-state index in [1.165, 1.54) is 0 Å². The first-order valence-corrected chi connectivity index (χ1v) is 9.76. The highest BCUT2D eigenvalue weighted by molar-refractivity contribution is 6.67. The van der Waals surface area contributed by atoms with Gasteiger partial charge in [-0.1, -0.05) is 36.4 Å². The van der Waals surface area contributed by atoms with Crippen LogP contribution in [0.2, 0.25) is 12.6 Å². The first-order chi connectivity index (χ1) is 10.7. The fourth-order valence-corrected chi connectivity index (χ4v) is 4.44. The largest absolute Gasteiger partial charge is 0.512 e. The van der Waals surface area contributed by atoms with Gasteiger partial charge in [-0.2, -0.15) is 0 Å². The average molecular weight is 313 g/mol. The normalized spacial score (nSPS) is 10.6. The van der Waals surface area contributed by atoms with Gasteiger partial charge in [0.25, 0.3) is 0 Å². The summed E-state index contributed by atoms with van der Waals surface area (Å²) in [4.78, 5) is 13.8. The topological polar surface area (TPSA) is 47.9 Å². The van der Waals surface area contributed by atoms with Crippen LogP contribution in [0.3, 0.4) is 0 Å². The third-order valence-corrected chi connectivity index (χ3v) is 5.72. The number of rotatable bonds is 8. The van der Waals surface area contributed by atoms with E-state index < -0.39 is 8.56 Å². The van der Waals surface area contributed by atoms with Crippen LogP contribution >= 0.6 is 0 Å². The van der Waals surface area contributed by atoms with Crippen molar-refractivity contribution < 1.29 is 13.6 Å². The van der Waals surface area contributed by atoms with Gasteiger partial charge in [0.2, 0.25) is 6.08 Å². The summed E-state index contributed by atoms with van der Waals surface area (Å²) in [6.45, 7) is 2.47. The van der Waals surface area contributed by atoms with Crippen LogP contribution in [0.1, 0.15) is 6.42 Å². The van der Waals surface area contributed by atoms with Crippen molar-refractivity contribution in [2.45, 2.75) is 19.0 Å². The predicted octanol–water partition coefficient (Wildman–Crippen LogP) is 3.94. The molecule has 114 valence electrons. The molecule has 0 saturated heterocycles. The van der Waals surface area contributed by atoms with Crippen molar-refractivity contribution in [3.05, 3.63) is 60.7 Å². The third kappa shape index (κ3) is 5.20.